The van der Waals surface area contributed by atoms with Gasteiger partial charge in [-0.15, -0.1) is 0 Å². The molecule has 3 aromatic rings. The normalized spacial score (nSPS) is 15.3. The number of aliphatic hydroxyl groups is 1. The zero-order valence-corrected chi connectivity index (χ0v) is 28.8. The Morgan fingerprint density at radius 1 is 1.11 bits per heavy atom. The SMILES string of the molecule is CCOc1cc([C@@H]2NC(=O)NC(C)=C2C(=O)OC)ccc1OC[C@@H](O)N/N=C\c1cc(I)c(OCc2ccccc2F)c(I)c1. The second kappa shape index (κ2) is 16.1. The van der Waals surface area contributed by atoms with E-state index in [4.69, 9.17) is 18.9 Å². The minimum Gasteiger partial charge on any atom is -0.490 e. The summed E-state index contributed by atoms with van der Waals surface area (Å²) in [6.07, 6.45) is 0.396. The summed E-state index contributed by atoms with van der Waals surface area (Å²) in [5.74, 6) is 0.457. The Morgan fingerprint density at radius 3 is 2.53 bits per heavy atom. The van der Waals surface area contributed by atoms with Gasteiger partial charge in [-0.2, -0.15) is 5.10 Å². The molecular weight excluding hydrogens is 813 g/mol. The Hall–Kier alpha value is -3.64. The molecule has 14 heteroatoms. The first-order valence-electron chi connectivity index (χ1n) is 13.7. The molecule has 0 saturated heterocycles. The number of amides is 2. The van der Waals surface area contributed by atoms with Crippen molar-refractivity contribution in [1.29, 1.82) is 0 Å². The van der Waals surface area contributed by atoms with E-state index in [2.05, 4.69) is 66.3 Å². The molecule has 0 fully saturated rings. The Bertz CT molecular complexity index is 1600. The number of carbonyl (C=O) groups is 2. The van der Waals surface area contributed by atoms with Crippen molar-refractivity contribution < 1.29 is 38.0 Å². The molecule has 238 valence electrons. The minimum absolute atomic E-state index is 0.105. The number of allylic oxidation sites excluding steroid dienone is 1. The molecule has 1 heterocycles. The highest BCUT2D eigenvalue weighted by Gasteiger charge is 2.32. The lowest BCUT2D eigenvalue weighted by molar-refractivity contribution is -0.136. The number of methoxy groups -OCH3 is 1. The van der Waals surface area contributed by atoms with Gasteiger partial charge in [-0.25, -0.2) is 14.0 Å². The maximum atomic E-state index is 14.0. The van der Waals surface area contributed by atoms with Gasteiger partial charge < -0.3 is 34.7 Å². The largest absolute Gasteiger partial charge is 0.490 e. The van der Waals surface area contributed by atoms with Crippen LogP contribution in [-0.2, 0) is 16.1 Å². The molecule has 3 aromatic carbocycles. The second-order valence-corrected chi connectivity index (χ2v) is 11.9. The van der Waals surface area contributed by atoms with Crippen LogP contribution in [0.4, 0.5) is 9.18 Å². The first-order chi connectivity index (χ1) is 21.6. The molecule has 4 rings (SSSR count). The predicted molar refractivity (Wildman–Crippen MR) is 182 cm³/mol. The number of benzene rings is 3. The quantitative estimate of drug-likeness (QED) is 0.0611. The summed E-state index contributed by atoms with van der Waals surface area (Å²) in [5, 5.41) is 19.9. The van der Waals surface area contributed by atoms with Gasteiger partial charge in [-0.05, 0) is 100 Å². The molecule has 45 heavy (non-hydrogen) atoms. The number of urea groups is 1. The van der Waals surface area contributed by atoms with Crippen LogP contribution < -0.4 is 30.3 Å². The number of aliphatic hydroxyl groups excluding tert-OH is 1. The van der Waals surface area contributed by atoms with Gasteiger partial charge in [0.25, 0.3) is 0 Å². The number of hydrazone groups is 1. The van der Waals surface area contributed by atoms with Crippen LogP contribution in [0.2, 0.25) is 0 Å². The Morgan fingerprint density at radius 2 is 1.84 bits per heavy atom. The standard InChI is InChI=1S/C31H31FI2N4O7/c1-4-43-25-13-19(28-27(30(40)42-3)17(2)36-31(41)37-28)9-10-24(25)44-16-26(39)38-35-14-18-11-22(33)29(23(34)12-18)45-15-20-7-5-6-8-21(20)32/h5-14,26,28,38-39H,4,15-16H2,1-3H3,(H2,36,37,41)/b35-14-/t26-,28+/m1/s1. The van der Waals surface area contributed by atoms with Crippen LogP contribution in [0.25, 0.3) is 0 Å². The number of hydrogen-bond acceptors (Lipinski definition) is 9. The number of ether oxygens (including phenoxy) is 4. The average molecular weight is 844 g/mol. The lowest BCUT2D eigenvalue weighted by Crippen LogP contribution is -2.45. The average Bonchev–Trinajstić information content (AvgIpc) is 3.00. The molecule has 2 atom stereocenters. The summed E-state index contributed by atoms with van der Waals surface area (Å²) in [6.45, 7) is 3.70. The highest BCUT2D eigenvalue weighted by molar-refractivity contribution is 14.1. The van der Waals surface area contributed by atoms with E-state index in [9.17, 15) is 19.1 Å². The number of hydrogen-bond donors (Lipinski definition) is 4. The first kappa shape index (κ1) is 34.2. The zero-order valence-electron chi connectivity index (χ0n) is 24.5. The third-order valence-electron chi connectivity index (χ3n) is 6.46. The van der Waals surface area contributed by atoms with Crippen molar-refractivity contribution in [2.24, 2.45) is 5.10 Å². The van der Waals surface area contributed by atoms with Crippen molar-refractivity contribution in [3.63, 3.8) is 0 Å². The third-order valence-corrected chi connectivity index (χ3v) is 8.06. The van der Waals surface area contributed by atoms with Crippen molar-refractivity contribution in [2.45, 2.75) is 32.7 Å². The lowest BCUT2D eigenvalue weighted by atomic mass is 9.95. The molecule has 0 aromatic heterocycles. The second-order valence-electron chi connectivity index (χ2n) is 9.61. The summed E-state index contributed by atoms with van der Waals surface area (Å²) >= 11 is 4.29. The van der Waals surface area contributed by atoms with Crippen LogP contribution in [0, 0.1) is 13.0 Å². The van der Waals surface area contributed by atoms with E-state index >= 15 is 0 Å². The maximum Gasteiger partial charge on any atom is 0.337 e. The summed E-state index contributed by atoms with van der Waals surface area (Å²) in [7, 11) is 1.27. The van der Waals surface area contributed by atoms with Gasteiger partial charge in [0.15, 0.2) is 17.7 Å². The molecule has 0 spiro atoms. The van der Waals surface area contributed by atoms with E-state index in [0.29, 0.717) is 40.7 Å². The molecular formula is C31H31FI2N4O7. The minimum atomic E-state index is -1.16. The van der Waals surface area contributed by atoms with Crippen LogP contribution in [0.1, 0.15) is 36.6 Å². The van der Waals surface area contributed by atoms with Crippen LogP contribution in [0.15, 0.2) is 71.0 Å². The summed E-state index contributed by atoms with van der Waals surface area (Å²) < 4.78 is 37.9. The van der Waals surface area contributed by atoms with Crippen molar-refractivity contribution in [3.05, 3.63) is 95.5 Å². The van der Waals surface area contributed by atoms with Crippen LogP contribution >= 0.6 is 45.2 Å². The van der Waals surface area contributed by atoms with Gasteiger partial charge in [-0.3, -0.25) is 5.43 Å². The lowest BCUT2D eigenvalue weighted by Gasteiger charge is -2.28. The Kier molecular flexibility index (Phi) is 12.2. The van der Waals surface area contributed by atoms with Gasteiger partial charge in [0.2, 0.25) is 0 Å². The summed E-state index contributed by atoms with van der Waals surface area (Å²) in [5.41, 5.74) is 5.09. The van der Waals surface area contributed by atoms with Gasteiger partial charge in [0.05, 0.1) is 38.7 Å². The molecule has 0 aliphatic carbocycles. The van der Waals surface area contributed by atoms with Crippen LogP contribution in [-0.4, -0.2) is 49.9 Å². The van der Waals surface area contributed by atoms with Gasteiger partial charge in [0.1, 0.15) is 24.8 Å². The number of nitrogens with zero attached hydrogens (tertiary/aromatic N) is 1. The monoisotopic (exact) mass is 844 g/mol. The van der Waals surface area contributed by atoms with Crippen LogP contribution in [0.5, 0.6) is 17.2 Å². The number of nitrogens with one attached hydrogen (secondary N) is 3. The highest BCUT2D eigenvalue weighted by atomic mass is 127. The Balaban J connectivity index is 1.37. The van der Waals surface area contributed by atoms with Crippen molar-refractivity contribution in [1.82, 2.24) is 16.1 Å². The maximum absolute atomic E-state index is 14.0. The molecule has 0 radical (unpaired) electrons. The fraction of sp³-hybridized carbons (Fsp3) is 0.258. The highest BCUT2D eigenvalue weighted by Crippen LogP contribution is 2.35. The smallest absolute Gasteiger partial charge is 0.337 e. The number of esters is 1. The van der Waals surface area contributed by atoms with E-state index in [1.165, 1.54) is 13.2 Å². The molecule has 0 bridgehead atoms. The van der Waals surface area contributed by atoms with Crippen molar-refractivity contribution >= 4 is 63.4 Å². The summed E-state index contributed by atoms with van der Waals surface area (Å²) in [4.78, 5) is 24.6. The van der Waals surface area contributed by atoms with E-state index in [1.807, 2.05) is 19.1 Å². The number of carbonyl (C=O) groups excluding carboxylic acids is 2. The molecule has 2 amide bonds. The van der Waals surface area contributed by atoms with Gasteiger partial charge in [0, 0.05) is 11.3 Å². The fourth-order valence-electron chi connectivity index (χ4n) is 4.38. The summed E-state index contributed by atoms with van der Waals surface area (Å²) in [6, 6.07) is 14.0. The van der Waals surface area contributed by atoms with E-state index in [1.54, 1.807) is 49.5 Å². The van der Waals surface area contributed by atoms with E-state index in [-0.39, 0.29) is 24.6 Å². The molecule has 0 saturated carbocycles. The van der Waals surface area contributed by atoms with Crippen LogP contribution in [0.3, 0.4) is 0 Å². The van der Waals surface area contributed by atoms with Crippen molar-refractivity contribution in [2.75, 3.05) is 20.3 Å². The van der Waals surface area contributed by atoms with E-state index in [0.717, 1.165) is 12.7 Å². The molecule has 4 N–H and O–H groups in total. The van der Waals surface area contributed by atoms with Gasteiger partial charge in [-0.1, -0.05) is 24.3 Å². The fourth-order valence-corrected chi connectivity index (χ4v) is 6.50. The topological polar surface area (TPSA) is 140 Å². The zero-order chi connectivity index (χ0) is 32.5. The number of rotatable bonds is 13. The number of halogens is 3. The van der Waals surface area contributed by atoms with E-state index < -0.39 is 24.3 Å². The molecule has 1 aliphatic heterocycles. The molecule has 0 unspecified atom stereocenters. The third kappa shape index (κ3) is 8.97. The Labute approximate surface area is 286 Å². The molecule has 11 nitrogen and oxygen atoms in total. The predicted octanol–water partition coefficient (Wildman–Crippen LogP) is 5.13. The van der Waals surface area contributed by atoms with Crippen molar-refractivity contribution in [3.8, 4) is 17.2 Å². The molecule has 1 aliphatic rings. The van der Waals surface area contributed by atoms with Gasteiger partial charge >= 0.3 is 12.0 Å². The first-order valence-corrected chi connectivity index (χ1v) is 15.8.